The normalized spacial score (nSPS) is 14.6. The zero-order valence-electron chi connectivity index (χ0n) is 12.2. The third kappa shape index (κ3) is 3.59. The van der Waals surface area contributed by atoms with Gasteiger partial charge in [0.05, 0.1) is 25.1 Å². The van der Waals surface area contributed by atoms with E-state index in [4.69, 9.17) is 4.74 Å². The van der Waals surface area contributed by atoms with E-state index in [-0.39, 0.29) is 5.91 Å². The predicted molar refractivity (Wildman–Crippen MR) is 82.5 cm³/mol. The van der Waals surface area contributed by atoms with E-state index in [1.54, 1.807) is 23.4 Å². The number of morpholine rings is 1. The molecule has 0 bridgehead atoms. The number of rotatable bonds is 4. The monoisotopic (exact) mass is 298 g/mol. The molecule has 1 saturated heterocycles. The Bertz CT molecular complexity index is 610. The molecule has 2 aromatic heterocycles. The molecule has 0 aliphatic carbocycles. The highest BCUT2D eigenvalue weighted by Crippen LogP contribution is 2.11. The number of carbonyl (C=O) groups excluding carboxylic acids is 1. The Hall–Kier alpha value is -2.47. The number of aromatic nitrogens is 2. The molecule has 6 nitrogen and oxygen atoms in total. The molecule has 0 aromatic carbocycles. The van der Waals surface area contributed by atoms with Crippen LogP contribution in [0.1, 0.15) is 16.1 Å². The quantitative estimate of drug-likeness (QED) is 0.928. The number of carbonyl (C=O) groups is 1. The van der Waals surface area contributed by atoms with Crippen molar-refractivity contribution < 1.29 is 9.53 Å². The van der Waals surface area contributed by atoms with Gasteiger partial charge in [0.15, 0.2) is 0 Å². The number of anilines is 1. The zero-order chi connectivity index (χ0) is 15.2. The van der Waals surface area contributed by atoms with Crippen LogP contribution in [0.15, 0.2) is 42.9 Å². The van der Waals surface area contributed by atoms with Gasteiger partial charge in [-0.1, -0.05) is 6.07 Å². The number of hydrogen-bond acceptors (Lipinski definition) is 5. The van der Waals surface area contributed by atoms with Crippen molar-refractivity contribution in [2.24, 2.45) is 0 Å². The minimum absolute atomic E-state index is 0.0397. The SMILES string of the molecule is O=C(c1ccc(NCc2cccnc2)cn1)N1CCOCC1. The number of amides is 1. The van der Waals surface area contributed by atoms with E-state index >= 15 is 0 Å². The second-order valence-corrected chi connectivity index (χ2v) is 5.05. The highest BCUT2D eigenvalue weighted by Gasteiger charge is 2.19. The zero-order valence-corrected chi connectivity index (χ0v) is 12.2. The molecule has 0 radical (unpaired) electrons. The van der Waals surface area contributed by atoms with Crippen molar-refractivity contribution in [3.05, 3.63) is 54.1 Å². The molecule has 2 aromatic rings. The molecule has 1 aliphatic heterocycles. The third-order valence-corrected chi connectivity index (χ3v) is 3.50. The molecule has 1 fully saturated rings. The van der Waals surface area contributed by atoms with E-state index < -0.39 is 0 Å². The lowest BCUT2D eigenvalue weighted by Crippen LogP contribution is -2.41. The first-order valence-electron chi connectivity index (χ1n) is 7.29. The summed E-state index contributed by atoms with van der Waals surface area (Å²) in [6.45, 7) is 3.11. The summed E-state index contributed by atoms with van der Waals surface area (Å²) in [7, 11) is 0. The Balaban J connectivity index is 1.59. The number of hydrogen-bond donors (Lipinski definition) is 1. The van der Waals surface area contributed by atoms with E-state index in [1.165, 1.54) is 0 Å². The fourth-order valence-electron chi connectivity index (χ4n) is 2.26. The maximum absolute atomic E-state index is 12.3. The molecule has 1 amide bonds. The smallest absolute Gasteiger partial charge is 0.272 e. The minimum Gasteiger partial charge on any atom is -0.380 e. The molecular weight excluding hydrogens is 280 g/mol. The molecule has 0 unspecified atom stereocenters. The van der Waals surface area contributed by atoms with Crippen LogP contribution in [-0.2, 0) is 11.3 Å². The molecular formula is C16H18N4O2. The summed E-state index contributed by atoms with van der Waals surface area (Å²) in [6.07, 6.45) is 5.25. The standard InChI is InChI=1S/C16H18N4O2/c21-16(20-6-8-22-9-7-20)15-4-3-14(12-19-15)18-11-13-2-1-5-17-10-13/h1-5,10,12,18H,6-9,11H2. The Morgan fingerprint density at radius 3 is 2.77 bits per heavy atom. The second kappa shape index (κ2) is 7.00. The maximum Gasteiger partial charge on any atom is 0.272 e. The van der Waals surface area contributed by atoms with Crippen LogP contribution >= 0.6 is 0 Å². The second-order valence-electron chi connectivity index (χ2n) is 5.05. The van der Waals surface area contributed by atoms with Gasteiger partial charge in [-0.2, -0.15) is 0 Å². The van der Waals surface area contributed by atoms with Crippen LogP contribution in [0.2, 0.25) is 0 Å². The van der Waals surface area contributed by atoms with Crippen molar-refractivity contribution in [2.75, 3.05) is 31.6 Å². The van der Waals surface area contributed by atoms with E-state index in [0.29, 0.717) is 38.5 Å². The fourth-order valence-corrected chi connectivity index (χ4v) is 2.26. The molecule has 6 heteroatoms. The van der Waals surface area contributed by atoms with Crippen LogP contribution in [0.4, 0.5) is 5.69 Å². The first-order chi connectivity index (χ1) is 10.8. The topological polar surface area (TPSA) is 67.4 Å². The highest BCUT2D eigenvalue weighted by molar-refractivity contribution is 5.92. The van der Waals surface area contributed by atoms with Crippen molar-refractivity contribution in [2.45, 2.75) is 6.54 Å². The Labute approximate surface area is 129 Å². The van der Waals surface area contributed by atoms with Crippen LogP contribution in [0.5, 0.6) is 0 Å². The molecule has 0 saturated carbocycles. The van der Waals surface area contributed by atoms with Gasteiger partial charge in [0, 0.05) is 32.0 Å². The predicted octanol–water partition coefficient (Wildman–Crippen LogP) is 1.56. The van der Waals surface area contributed by atoms with Gasteiger partial charge < -0.3 is 15.0 Å². The summed E-state index contributed by atoms with van der Waals surface area (Å²) in [6, 6.07) is 7.53. The lowest BCUT2D eigenvalue weighted by atomic mass is 10.2. The minimum atomic E-state index is -0.0397. The summed E-state index contributed by atoms with van der Waals surface area (Å²) in [5.41, 5.74) is 2.44. The highest BCUT2D eigenvalue weighted by atomic mass is 16.5. The number of pyridine rings is 2. The molecule has 3 heterocycles. The average molecular weight is 298 g/mol. The molecule has 0 spiro atoms. The van der Waals surface area contributed by atoms with E-state index in [9.17, 15) is 4.79 Å². The summed E-state index contributed by atoms with van der Waals surface area (Å²) in [4.78, 5) is 22.4. The summed E-state index contributed by atoms with van der Waals surface area (Å²) < 4.78 is 5.25. The average Bonchev–Trinajstić information content (AvgIpc) is 2.61. The van der Waals surface area contributed by atoms with Gasteiger partial charge in [0.25, 0.3) is 5.91 Å². The Kier molecular flexibility index (Phi) is 4.60. The van der Waals surface area contributed by atoms with Crippen LogP contribution in [0.3, 0.4) is 0 Å². The van der Waals surface area contributed by atoms with E-state index in [1.807, 2.05) is 24.4 Å². The molecule has 3 rings (SSSR count). The summed E-state index contributed by atoms with van der Waals surface area (Å²) in [5, 5.41) is 3.26. The summed E-state index contributed by atoms with van der Waals surface area (Å²) in [5.74, 6) is -0.0397. The van der Waals surface area contributed by atoms with Crippen LogP contribution < -0.4 is 5.32 Å². The molecule has 1 aliphatic rings. The van der Waals surface area contributed by atoms with E-state index in [0.717, 1.165) is 11.3 Å². The Morgan fingerprint density at radius 2 is 2.09 bits per heavy atom. The number of nitrogens with zero attached hydrogens (tertiary/aromatic N) is 3. The van der Waals surface area contributed by atoms with Crippen molar-refractivity contribution in [1.82, 2.24) is 14.9 Å². The number of nitrogens with one attached hydrogen (secondary N) is 1. The Morgan fingerprint density at radius 1 is 1.23 bits per heavy atom. The van der Waals surface area contributed by atoms with Crippen molar-refractivity contribution in [1.29, 1.82) is 0 Å². The summed E-state index contributed by atoms with van der Waals surface area (Å²) >= 11 is 0. The lowest BCUT2D eigenvalue weighted by molar-refractivity contribution is 0.0299. The van der Waals surface area contributed by atoms with Crippen LogP contribution in [-0.4, -0.2) is 47.1 Å². The fraction of sp³-hybridized carbons (Fsp3) is 0.312. The van der Waals surface area contributed by atoms with Crippen molar-refractivity contribution >= 4 is 11.6 Å². The number of ether oxygens (including phenoxy) is 1. The molecule has 22 heavy (non-hydrogen) atoms. The molecule has 0 atom stereocenters. The van der Waals surface area contributed by atoms with Crippen molar-refractivity contribution in [3.8, 4) is 0 Å². The first kappa shape index (κ1) is 14.5. The third-order valence-electron chi connectivity index (χ3n) is 3.50. The first-order valence-corrected chi connectivity index (χ1v) is 7.29. The van der Waals surface area contributed by atoms with Gasteiger partial charge >= 0.3 is 0 Å². The largest absolute Gasteiger partial charge is 0.380 e. The van der Waals surface area contributed by atoms with Gasteiger partial charge in [0.1, 0.15) is 5.69 Å². The van der Waals surface area contributed by atoms with Gasteiger partial charge in [-0.05, 0) is 23.8 Å². The van der Waals surface area contributed by atoms with Gasteiger partial charge in [-0.15, -0.1) is 0 Å². The molecule has 1 N–H and O–H groups in total. The maximum atomic E-state index is 12.3. The van der Waals surface area contributed by atoms with Gasteiger partial charge in [0.2, 0.25) is 0 Å². The lowest BCUT2D eigenvalue weighted by Gasteiger charge is -2.26. The van der Waals surface area contributed by atoms with Gasteiger partial charge in [-0.25, -0.2) is 4.98 Å². The molecule has 114 valence electrons. The van der Waals surface area contributed by atoms with Crippen LogP contribution in [0.25, 0.3) is 0 Å². The van der Waals surface area contributed by atoms with Crippen LogP contribution in [0, 0.1) is 0 Å². The van der Waals surface area contributed by atoms with Gasteiger partial charge in [-0.3, -0.25) is 9.78 Å². The van der Waals surface area contributed by atoms with Crippen molar-refractivity contribution in [3.63, 3.8) is 0 Å². The van der Waals surface area contributed by atoms with E-state index in [2.05, 4.69) is 15.3 Å².